The Morgan fingerprint density at radius 1 is 1.44 bits per heavy atom. The summed E-state index contributed by atoms with van der Waals surface area (Å²) in [5.74, 6) is 0.0831. The zero-order chi connectivity index (χ0) is 12.1. The van der Waals surface area contributed by atoms with Crippen LogP contribution >= 0.6 is 31.9 Å². The molecule has 1 aromatic rings. The van der Waals surface area contributed by atoms with Crippen molar-refractivity contribution in [2.45, 2.75) is 13.3 Å². The Bertz CT molecular complexity index is 379. The van der Waals surface area contributed by atoms with Gasteiger partial charge in [-0.2, -0.15) is 0 Å². The number of aryl methyl sites for hydroxylation is 1. The molecule has 1 rings (SSSR count). The van der Waals surface area contributed by atoms with Crippen LogP contribution in [0.2, 0.25) is 0 Å². The van der Waals surface area contributed by atoms with Crippen LogP contribution in [0.1, 0.15) is 22.3 Å². The molecule has 0 fully saturated rings. The zero-order valence-corrected chi connectivity index (χ0v) is 12.6. The lowest BCUT2D eigenvalue weighted by atomic mass is 10.1. The van der Waals surface area contributed by atoms with E-state index in [4.69, 9.17) is 0 Å². The summed E-state index contributed by atoms with van der Waals surface area (Å²) in [5, 5.41) is 0.919. The highest BCUT2D eigenvalue weighted by molar-refractivity contribution is 9.10. The molecular formula is C12H15Br2NO. The summed E-state index contributed by atoms with van der Waals surface area (Å²) in [6, 6.07) is 5.78. The lowest BCUT2D eigenvalue weighted by Gasteiger charge is -2.17. The monoisotopic (exact) mass is 347 g/mol. The van der Waals surface area contributed by atoms with Crippen LogP contribution in [0.3, 0.4) is 0 Å². The van der Waals surface area contributed by atoms with Crippen LogP contribution in [-0.2, 0) is 0 Å². The molecule has 0 aromatic heterocycles. The number of rotatable bonds is 4. The van der Waals surface area contributed by atoms with Crippen molar-refractivity contribution in [2.75, 3.05) is 18.9 Å². The summed E-state index contributed by atoms with van der Waals surface area (Å²) in [7, 11) is 1.84. The van der Waals surface area contributed by atoms with Gasteiger partial charge in [0, 0.05) is 29.0 Å². The molecule has 0 saturated heterocycles. The minimum Gasteiger partial charge on any atom is -0.342 e. The van der Waals surface area contributed by atoms with Crippen LogP contribution < -0.4 is 0 Å². The summed E-state index contributed by atoms with van der Waals surface area (Å²) in [5.41, 5.74) is 1.78. The number of amides is 1. The predicted octanol–water partition coefficient (Wildman–Crippen LogP) is 3.61. The van der Waals surface area contributed by atoms with Crippen molar-refractivity contribution in [1.29, 1.82) is 0 Å². The van der Waals surface area contributed by atoms with Gasteiger partial charge in [0.1, 0.15) is 0 Å². The fourth-order valence-corrected chi connectivity index (χ4v) is 2.04. The van der Waals surface area contributed by atoms with Gasteiger partial charge in [0.2, 0.25) is 0 Å². The van der Waals surface area contributed by atoms with Crippen LogP contribution in [0.5, 0.6) is 0 Å². The van der Waals surface area contributed by atoms with Crippen molar-refractivity contribution in [3.05, 3.63) is 33.8 Å². The molecule has 0 radical (unpaired) electrons. The van der Waals surface area contributed by atoms with Gasteiger partial charge in [-0.15, -0.1) is 0 Å². The van der Waals surface area contributed by atoms with Crippen LogP contribution in [0.15, 0.2) is 22.7 Å². The van der Waals surface area contributed by atoms with E-state index in [1.165, 1.54) is 0 Å². The first-order valence-corrected chi connectivity index (χ1v) is 7.05. The van der Waals surface area contributed by atoms with Crippen molar-refractivity contribution in [3.8, 4) is 0 Å². The molecular weight excluding hydrogens is 334 g/mol. The highest BCUT2D eigenvalue weighted by Crippen LogP contribution is 2.17. The van der Waals surface area contributed by atoms with Gasteiger partial charge in [-0.05, 0) is 31.0 Å². The first-order valence-electron chi connectivity index (χ1n) is 5.14. The molecule has 88 valence electrons. The van der Waals surface area contributed by atoms with Crippen LogP contribution in [0.25, 0.3) is 0 Å². The summed E-state index contributed by atoms with van der Waals surface area (Å²) < 4.78 is 0.940. The molecule has 0 spiro atoms. The number of hydrogen-bond acceptors (Lipinski definition) is 1. The summed E-state index contributed by atoms with van der Waals surface area (Å²) in [6.07, 6.45) is 0.968. The molecule has 0 unspecified atom stereocenters. The highest BCUT2D eigenvalue weighted by atomic mass is 79.9. The van der Waals surface area contributed by atoms with E-state index in [9.17, 15) is 4.79 Å². The second kappa shape index (κ2) is 6.40. The number of halogens is 2. The summed E-state index contributed by atoms with van der Waals surface area (Å²) in [4.78, 5) is 13.9. The van der Waals surface area contributed by atoms with Gasteiger partial charge in [0.05, 0.1) is 0 Å². The van der Waals surface area contributed by atoms with Crippen molar-refractivity contribution in [2.24, 2.45) is 0 Å². The molecule has 16 heavy (non-hydrogen) atoms. The molecule has 0 heterocycles. The number of carbonyl (C=O) groups excluding carboxylic acids is 1. The molecule has 4 heteroatoms. The van der Waals surface area contributed by atoms with E-state index in [1.807, 2.05) is 32.2 Å². The van der Waals surface area contributed by atoms with Crippen molar-refractivity contribution in [3.63, 3.8) is 0 Å². The molecule has 2 nitrogen and oxygen atoms in total. The molecule has 0 saturated carbocycles. The first kappa shape index (κ1) is 13.7. The number of nitrogens with zero attached hydrogens (tertiary/aromatic N) is 1. The largest absolute Gasteiger partial charge is 0.342 e. The Kier molecular flexibility index (Phi) is 5.49. The fraction of sp³-hybridized carbons (Fsp3) is 0.417. The van der Waals surface area contributed by atoms with Crippen LogP contribution in [0.4, 0.5) is 0 Å². The zero-order valence-electron chi connectivity index (χ0n) is 9.46. The summed E-state index contributed by atoms with van der Waals surface area (Å²) in [6.45, 7) is 2.73. The smallest absolute Gasteiger partial charge is 0.253 e. The van der Waals surface area contributed by atoms with E-state index in [0.717, 1.165) is 33.9 Å². The Hall–Kier alpha value is -0.350. The Labute approximate surface area is 113 Å². The van der Waals surface area contributed by atoms with E-state index in [0.29, 0.717) is 0 Å². The number of carbonyl (C=O) groups is 1. The molecule has 0 atom stereocenters. The van der Waals surface area contributed by atoms with E-state index < -0.39 is 0 Å². The van der Waals surface area contributed by atoms with Crippen LogP contribution in [0, 0.1) is 6.92 Å². The highest BCUT2D eigenvalue weighted by Gasteiger charge is 2.13. The van der Waals surface area contributed by atoms with E-state index in [-0.39, 0.29) is 5.91 Å². The van der Waals surface area contributed by atoms with E-state index in [2.05, 4.69) is 31.9 Å². The molecule has 0 aliphatic heterocycles. The second-order valence-corrected chi connectivity index (χ2v) is 5.44. The molecule has 0 N–H and O–H groups in total. The molecule has 0 bridgehead atoms. The molecule has 0 aliphatic carbocycles. The first-order chi connectivity index (χ1) is 7.56. The predicted molar refractivity (Wildman–Crippen MR) is 74.3 cm³/mol. The van der Waals surface area contributed by atoms with Gasteiger partial charge in [-0.3, -0.25) is 4.79 Å². The van der Waals surface area contributed by atoms with E-state index in [1.54, 1.807) is 4.90 Å². The van der Waals surface area contributed by atoms with Gasteiger partial charge in [0.15, 0.2) is 0 Å². The quantitative estimate of drug-likeness (QED) is 0.761. The van der Waals surface area contributed by atoms with Gasteiger partial charge < -0.3 is 4.90 Å². The third-order valence-corrected chi connectivity index (χ3v) is 3.46. The minimum atomic E-state index is 0.0831. The maximum Gasteiger partial charge on any atom is 0.253 e. The molecule has 1 amide bonds. The Balaban J connectivity index is 2.83. The Morgan fingerprint density at radius 2 is 2.12 bits per heavy atom. The van der Waals surface area contributed by atoms with Gasteiger partial charge >= 0.3 is 0 Å². The van der Waals surface area contributed by atoms with Crippen molar-refractivity contribution < 1.29 is 4.79 Å². The molecule has 0 aliphatic rings. The average Bonchev–Trinajstić information content (AvgIpc) is 2.28. The SMILES string of the molecule is Cc1ccc(Br)cc1C(=O)N(C)CCCBr. The Morgan fingerprint density at radius 3 is 2.75 bits per heavy atom. The third-order valence-electron chi connectivity index (χ3n) is 2.40. The maximum atomic E-state index is 12.1. The van der Waals surface area contributed by atoms with Gasteiger partial charge in [-0.1, -0.05) is 37.9 Å². The minimum absolute atomic E-state index is 0.0831. The standard InChI is InChI=1S/C12H15Br2NO/c1-9-4-5-10(14)8-11(9)12(16)15(2)7-3-6-13/h4-5,8H,3,6-7H2,1-2H3. The van der Waals surface area contributed by atoms with Gasteiger partial charge in [-0.25, -0.2) is 0 Å². The van der Waals surface area contributed by atoms with Gasteiger partial charge in [0.25, 0.3) is 5.91 Å². The fourth-order valence-electron chi connectivity index (χ4n) is 1.43. The number of benzene rings is 1. The maximum absolute atomic E-state index is 12.1. The van der Waals surface area contributed by atoms with E-state index >= 15 is 0 Å². The lowest BCUT2D eigenvalue weighted by molar-refractivity contribution is 0.0795. The summed E-state index contributed by atoms with van der Waals surface area (Å²) >= 11 is 6.75. The van der Waals surface area contributed by atoms with Crippen molar-refractivity contribution in [1.82, 2.24) is 4.90 Å². The second-order valence-electron chi connectivity index (χ2n) is 3.73. The lowest BCUT2D eigenvalue weighted by Crippen LogP contribution is -2.28. The normalized spacial score (nSPS) is 10.2. The average molecular weight is 349 g/mol. The topological polar surface area (TPSA) is 20.3 Å². The number of hydrogen-bond donors (Lipinski definition) is 0. The molecule has 1 aromatic carbocycles. The van der Waals surface area contributed by atoms with Crippen LogP contribution in [-0.4, -0.2) is 29.7 Å². The third kappa shape index (κ3) is 3.59. The van der Waals surface area contributed by atoms with Crippen molar-refractivity contribution >= 4 is 37.8 Å². The number of alkyl halides is 1.